The van der Waals surface area contributed by atoms with E-state index in [9.17, 15) is 4.79 Å². The first-order valence-corrected chi connectivity index (χ1v) is 11.5. The highest BCUT2D eigenvalue weighted by molar-refractivity contribution is 5.99. The minimum Gasteiger partial charge on any atom is -0.497 e. The summed E-state index contributed by atoms with van der Waals surface area (Å²) >= 11 is 0. The van der Waals surface area contributed by atoms with E-state index in [1.54, 1.807) is 14.0 Å². The summed E-state index contributed by atoms with van der Waals surface area (Å²) < 4.78 is 9.07. The highest BCUT2D eigenvalue weighted by atomic mass is 16.5. The molecule has 3 rings (SSSR count). The molecule has 5 N–H and O–H groups in total. The molecule has 0 unspecified atom stereocenters. The minimum absolute atomic E-state index is 0.158. The van der Waals surface area contributed by atoms with Gasteiger partial charge in [-0.15, -0.1) is 5.10 Å². The number of hydrogen-bond donors (Lipinski definition) is 3. The first kappa shape index (κ1) is 27.5. The number of ether oxygens (including phenoxy) is 2. The van der Waals surface area contributed by atoms with Crippen molar-refractivity contribution in [2.24, 2.45) is 22.6 Å². The number of nitrogens with zero attached hydrogens (tertiary/aromatic N) is 4. The lowest BCUT2D eigenvalue weighted by Crippen LogP contribution is -2.35. The minimum atomic E-state index is -0.325. The quantitative estimate of drug-likeness (QED) is 0.158. The molecule has 11 heteroatoms. The Kier molecular flexibility index (Phi) is 11.4. The highest BCUT2D eigenvalue weighted by Gasteiger charge is 2.17. The number of benzene rings is 1. The van der Waals surface area contributed by atoms with Crippen molar-refractivity contribution >= 4 is 18.2 Å². The van der Waals surface area contributed by atoms with Gasteiger partial charge >= 0.3 is 0 Å². The molecule has 0 aliphatic heterocycles. The molecule has 190 valence electrons. The maximum Gasteiger partial charge on any atom is 0.292 e. The Bertz CT molecular complexity index is 994. The number of hydrazone groups is 1. The van der Waals surface area contributed by atoms with E-state index in [0.29, 0.717) is 37.0 Å². The van der Waals surface area contributed by atoms with Crippen LogP contribution in [0, 0.1) is 12.8 Å². The van der Waals surface area contributed by atoms with Gasteiger partial charge in [0.05, 0.1) is 20.8 Å². The molecule has 1 heterocycles. The molecule has 0 spiro atoms. The summed E-state index contributed by atoms with van der Waals surface area (Å²) in [6.07, 6.45) is 6.07. The van der Waals surface area contributed by atoms with E-state index in [1.165, 1.54) is 37.6 Å². The van der Waals surface area contributed by atoms with Crippen molar-refractivity contribution in [3.05, 3.63) is 53.1 Å². The average Bonchev–Trinajstić information content (AvgIpc) is 2.87. The number of amidine groups is 1. The van der Waals surface area contributed by atoms with Gasteiger partial charge in [-0.1, -0.05) is 31.4 Å². The van der Waals surface area contributed by atoms with Crippen molar-refractivity contribution in [3.8, 4) is 5.75 Å². The number of amides is 1. The molecule has 1 aliphatic rings. The van der Waals surface area contributed by atoms with E-state index in [0.717, 1.165) is 24.2 Å². The lowest BCUT2D eigenvalue weighted by Gasteiger charge is -2.25. The third kappa shape index (κ3) is 9.57. The van der Waals surface area contributed by atoms with Crippen LogP contribution in [0.5, 0.6) is 5.75 Å². The molecular weight excluding hydrogens is 450 g/mol. The summed E-state index contributed by atoms with van der Waals surface area (Å²) in [5.41, 5.74) is 7.64. The van der Waals surface area contributed by atoms with Crippen LogP contribution in [0.25, 0.3) is 0 Å². The van der Waals surface area contributed by atoms with Crippen LogP contribution in [0.1, 0.15) is 59.7 Å². The number of carbonyl (C=O) groups is 2. The highest BCUT2D eigenvalue weighted by Crippen LogP contribution is 2.23. The Morgan fingerprint density at radius 3 is 2.54 bits per heavy atom. The van der Waals surface area contributed by atoms with Crippen molar-refractivity contribution in [1.82, 2.24) is 20.4 Å². The van der Waals surface area contributed by atoms with E-state index in [4.69, 9.17) is 21.1 Å². The van der Waals surface area contributed by atoms with Crippen molar-refractivity contribution < 1.29 is 19.1 Å². The molecule has 1 fully saturated rings. The van der Waals surface area contributed by atoms with Gasteiger partial charge < -0.3 is 20.5 Å². The van der Waals surface area contributed by atoms with E-state index in [-0.39, 0.29) is 17.4 Å². The van der Waals surface area contributed by atoms with Crippen LogP contribution in [-0.2, 0) is 16.1 Å². The summed E-state index contributed by atoms with van der Waals surface area (Å²) in [7, 11) is 2.92. The van der Waals surface area contributed by atoms with Crippen LogP contribution < -0.4 is 21.6 Å². The zero-order valence-electron chi connectivity index (χ0n) is 20.6. The molecule has 35 heavy (non-hydrogen) atoms. The van der Waals surface area contributed by atoms with Gasteiger partial charge in [-0.2, -0.15) is 0 Å². The summed E-state index contributed by atoms with van der Waals surface area (Å²) in [5, 5.41) is 8.50. The van der Waals surface area contributed by atoms with Gasteiger partial charge in [0.1, 0.15) is 23.0 Å². The Labute approximate surface area is 205 Å². The third-order valence-electron chi connectivity index (χ3n) is 5.42. The zero-order valence-corrected chi connectivity index (χ0v) is 20.6. The van der Waals surface area contributed by atoms with Gasteiger partial charge in [0, 0.05) is 6.54 Å². The fraction of sp³-hybridized carbons (Fsp3) is 0.458. The van der Waals surface area contributed by atoms with Crippen LogP contribution >= 0.6 is 0 Å². The summed E-state index contributed by atoms with van der Waals surface area (Å²) in [6, 6.07) is 9.02. The Hall–Kier alpha value is -3.73. The molecule has 1 aromatic carbocycles. The number of methoxy groups -OCH3 is 2. The molecular formula is C24H35N7O4. The largest absolute Gasteiger partial charge is 0.497 e. The maximum absolute atomic E-state index is 12.6. The standard InChI is InChI=1S/C22H31N7O2.C2H4O2/c1-15-26-19(21(23)28-29(24)14-16-7-4-3-5-8-16)12-20(27-15)22(30)25-13-17-9-6-10-18(11-17)31-2;1-4-2-3/h6,9-12,16H,3-5,7-8,13-14,24H2,1-2H3,(H2,23,28)(H,25,30);2H,1H3. The van der Waals surface area contributed by atoms with Crippen LogP contribution in [0.4, 0.5) is 0 Å². The average molecular weight is 486 g/mol. The smallest absolute Gasteiger partial charge is 0.292 e. The predicted octanol–water partition coefficient (Wildman–Crippen LogP) is 1.89. The van der Waals surface area contributed by atoms with Gasteiger partial charge in [0.25, 0.3) is 12.4 Å². The van der Waals surface area contributed by atoms with Crippen LogP contribution in [0.3, 0.4) is 0 Å². The molecule has 1 aromatic heterocycles. The second-order valence-corrected chi connectivity index (χ2v) is 8.16. The number of hydrogen-bond acceptors (Lipinski definition) is 9. The molecule has 1 amide bonds. The number of aromatic nitrogens is 2. The number of aryl methyl sites for hydroxylation is 1. The molecule has 0 saturated heterocycles. The van der Waals surface area contributed by atoms with Crippen LogP contribution in [-0.4, -0.2) is 54.1 Å². The Morgan fingerprint density at radius 2 is 1.89 bits per heavy atom. The van der Waals surface area contributed by atoms with Crippen LogP contribution in [0.15, 0.2) is 35.4 Å². The summed E-state index contributed by atoms with van der Waals surface area (Å²) in [6.45, 7) is 3.08. The molecule has 0 atom stereocenters. The fourth-order valence-electron chi connectivity index (χ4n) is 3.74. The zero-order chi connectivity index (χ0) is 25.6. The molecule has 0 bridgehead atoms. The number of nitrogens with one attached hydrogen (secondary N) is 1. The van der Waals surface area contributed by atoms with Crippen molar-refractivity contribution in [2.45, 2.75) is 45.6 Å². The number of nitrogens with two attached hydrogens (primary N) is 2. The monoisotopic (exact) mass is 485 g/mol. The first-order valence-electron chi connectivity index (χ1n) is 11.5. The molecule has 1 saturated carbocycles. The van der Waals surface area contributed by atoms with Gasteiger partial charge in [-0.25, -0.2) is 20.9 Å². The predicted molar refractivity (Wildman–Crippen MR) is 132 cm³/mol. The Morgan fingerprint density at radius 1 is 1.20 bits per heavy atom. The Balaban J connectivity index is 0.00000100. The van der Waals surface area contributed by atoms with Gasteiger partial charge in [-0.3, -0.25) is 9.59 Å². The molecule has 1 aliphatic carbocycles. The number of carbonyl (C=O) groups excluding carboxylic acids is 2. The molecule has 2 aromatic rings. The molecule has 0 radical (unpaired) electrons. The normalized spacial score (nSPS) is 13.8. The first-order chi connectivity index (χ1) is 16.9. The number of hydrazine groups is 1. The second-order valence-electron chi connectivity index (χ2n) is 8.16. The lowest BCUT2D eigenvalue weighted by atomic mass is 9.89. The van der Waals surface area contributed by atoms with Crippen molar-refractivity contribution in [1.29, 1.82) is 0 Å². The van der Waals surface area contributed by atoms with E-state index in [1.807, 2.05) is 24.3 Å². The van der Waals surface area contributed by atoms with Gasteiger partial charge in [0.15, 0.2) is 5.84 Å². The summed E-state index contributed by atoms with van der Waals surface area (Å²) in [4.78, 5) is 30.1. The second kappa shape index (κ2) is 14.5. The summed E-state index contributed by atoms with van der Waals surface area (Å²) in [5.74, 6) is 7.57. The van der Waals surface area contributed by atoms with E-state index < -0.39 is 0 Å². The fourth-order valence-corrected chi connectivity index (χ4v) is 3.74. The van der Waals surface area contributed by atoms with E-state index >= 15 is 0 Å². The van der Waals surface area contributed by atoms with E-state index in [2.05, 4.69) is 25.1 Å². The topological polar surface area (TPSA) is 158 Å². The van der Waals surface area contributed by atoms with Crippen molar-refractivity contribution in [3.63, 3.8) is 0 Å². The maximum atomic E-state index is 12.6. The number of rotatable bonds is 9. The molecule has 11 nitrogen and oxygen atoms in total. The van der Waals surface area contributed by atoms with Gasteiger partial charge in [0.2, 0.25) is 0 Å². The van der Waals surface area contributed by atoms with Crippen LogP contribution in [0.2, 0.25) is 0 Å². The SMILES string of the molecule is COC=O.COc1cccc(CNC(=O)c2cc(/C(N)=N/N(N)CC3CCCCC3)nc(C)n2)c1. The van der Waals surface area contributed by atoms with Gasteiger partial charge in [-0.05, 0) is 49.4 Å². The van der Waals surface area contributed by atoms with Crippen molar-refractivity contribution in [2.75, 3.05) is 20.8 Å². The lowest BCUT2D eigenvalue weighted by molar-refractivity contribution is -0.126. The third-order valence-corrected chi connectivity index (χ3v) is 5.42.